The Hall–Kier alpha value is -1.10. The molecule has 19 heavy (non-hydrogen) atoms. The Morgan fingerprint density at radius 1 is 1.21 bits per heavy atom. The number of nitrogens with zero attached hydrogens (tertiary/aromatic N) is 1. The van der Waals surface area contributed by atoms with Crippen LogP contribution in [-0.4, -0.2) is 49.1 Å². The highest BCUT2D eigenvalue weighted by Crippen LogP contribution is 2.10. The van der Waals surface area contributed by atoms with Gasteiger partial charge in [0.25, 0.3) is 0 Å². The van der Waals surface area contributed by atoms with Gasteiger partial charge < -0.3 is 15.0 Å². The fourth-order valence-corrected chi connectivity index (χ4v) is 2.28. The van der Waals surface area contributed by atoms with E-state index in [9.17, 15) is 9.59 Å². The lowest BCUT2D eigenvalue weighted by molar-refractivity contribution is -0.143. The van der Waals surface area contributed by atoms with Gasteiger partial charge >= 0.3 is 5.97 Å². The number of hydrogen-bond donors (Lipinski definition) is 1. The molecule has 1 fully saturated rings. The third-order valence-corrected chi connectivity index (χ3v) is 3.37. The monoisotopic (exact) mass is 270 g/mol. The van der Waals surface area contributed by atoms with E-state index in [1.807, 2.05) is 11.8 Å². The molecule has 0 radical (unpaired) electrons. The van der Waals surface area contributed by atoms with Crippen LogP contribution in [0.1, 0.15) is 46.0 Å². The van der Waals surface area contributed by atoms with Gasteiger partial charge in [-0.1, -0.05) is 12.8 Å². The Balaban J connectivity index is 2.25. The Bertz CT molecular complexity index is 286. The molecular formula is C14H26N2O3. The molecule has 1 heterocycles. The molecule has 1 amide bonds. The molecule has 0 bridgehead atoms. The third kappa shape index (κ3) is 6.05. The molecule has 0 aliphatic carbocycles. The van der Waals surface area contributed by atoms with Crippen molar-refractivity contribution in [3.63, 3.8) is 0 Å². The average Bonchev–Trinajstić information content (AvgIpc) is 2.66. The zero-order chi connectivity index (χ0) is 14.1. The van der Waals surface area contributed by atoms with Gasteiger partial charge in [0.15, 0.2) is 0 Å². The van der Waals surface area contributed by atoms with Crippen molar-refractivity contribution in [2.75, 3.05) is 26.2 Å². The molecule has 1 saturated heterocycles. The van der Waals surface area contributed by atoms with E-state index >= 15 is 0 Å². The van der Waals surface area contributed by atoms with E-state index in [0.29, 0.717) is 19.6 Å². The molecule has 0 saturated carbocycles. The maximum Gasteiger partial charge on any atom is 0.307 e. The smallest absolute Gasteiger partial charge is 0.307 e. The molecule has 0 spiro atoms. The van der Waals surface area contributed by atoms with Crippen LogP contribution in [0.5, 0.6) is 0 Å². The summed E-state index contributed by atoms with van der Waals surface area (Å²) < 4.78 is 4.84. The molecule has 1 rings (SSSR count). The molecule has 110 valence electrons. The SMILES string of the molecule is CCOC(=O)CCNC(C)C(=O)N1CCCCCC1. The van der Waals surface area contributed by atoms with E-state index < -0.39 is 0 Å². The highest BCUT2D eigenvalue weighted by atomic mass is 16.5. The van der Waals surface area contributed by atoms with E-state index in [0.717, 1.165) is 25.9 Å². The Morgan fingerprint density at radius 2 is 1.84 bits per heavy atom. The molecule has 1 atom stereocenters. The number of amides is 1. The first-order chi connectivity index (χ1) is 9.15. The topological polar surface area (TPSA) is 58.6 Å². The van der Waals surface area contributed by atoms with Gasteiger partial charge in [-0.2, -0.15) is 0 Å². The summed E-state index contributed by atoms with van der Waals surface area (Å²) in [5.74, 6) is -0.0739. The zero-order valence-electron chi connectivity index (χ0n) is 12.1. The largest absolute Gasteiger partial charge is 0.466 e. The summed E-state index contributed by atoms with van der Waals surface area (Å²) in [6.07, 6.45) is 4.94. The second-order valence-corrected chi connectivity index (χ2v) is 4.97. The highest BCUT2D eigenvalue weighted by Gasteiger charge is 2.20. The van der Waals surface area contributed by atoms with Gasteiger partial charge in [0.2, 0.25) is 5.91 Å². The molecular weight excluding hydrogens is 244 g/mol. The van der Waals surface area contributed by atoms with Crippen molar-refractivity contribution in [3.8, 4) is 0 Å². The number of hydrogen-bond acceptors (Lipinski definition) is 4. The standard InChI is InChI=1S/C14H26N2O3/c1-3-19-13(17)8-9-15-12(2)14(18)16-10-6-4-5-7-11-16/h12,15H,3-11H2,1-2H3. The molecule has 5 nitrogen and oxygen atoms in total. The molecule has 1 aliphatic heterocycles. The van der Waals surface area contributed by atoms with Gasteiger partial charge in [0.1, 0.15) is 0 Å². The molecule has 1 N–H and O–H groups in total. The van der Waals surface area contributed by atoms with Crippen molar-refractivity contribution in [1.82, 2.24) is 10.2 Å². The van der Waals surface area contributed by atoms with Crippen molar-refractivity contribution < 1.29 is 14.3 Å². The fourth-order valence-electron chi connectivity index (χ4n) is 2.28. The van der Waals surface area contributed by atoms with E-state index in [4.69, 9.17) is 4.74 Å². The average molecular weight is 270 g/mol. The second kappa shape index (κ2) is 8.91. The van der Waals surface area contributed by atoms with Crippen LogP contribution in [0.4, 0.5) is 0 Å². The van der Waals surface area contributed by atoms with Crippen molar-refractivity contribution >= 4 is 11.9 Å². The number of carbonyl (C=O) groups is 2. The third-order valence-electron chi connectivity index (χ3n) is 3.37. The van der Waals surface area contributed by atoms with Gasteiger partial charge in [-0.15, -0.1) is 0 Å². The van der Waals surface area contributed by atoms with Crippen molar-refractivity contribution in [2.45, 2.75) is 52.0 Å². The summed E-state index contributed by atoms with van der Waals surface area (Å²) in [5.41, 5.74) is 0. The lowest BCUT2D eigenvalue weighted by Gasteiger charge is -2.24. The first kappa shape index (κ1) is 16.0. The maximum atomic E-state index is 12.2. The molecule has 0 aromatic rings. The van der Waals surface area contributed by atoms with Crippen LogP contribution in [0.2, 0.25) is 0 Å². The number of esters is 1. The first-order valence-corrected chi connectivity index (χ1v) is 7.33. The van der Waals surface area contributed by atoms with Gasteiger partial charge in [-0.3, -0.25) is 9.59 Å². The number of carbonyl (C=O) groups excluding carboxylic acids is 2. The van der Waals surface area contributed by atoms with E-state index in [-0.39, 0.29) is 17.9 Å². The number of nitrogens with one attached hydrogen (secondary N) is 1. The van der Waals surface area contributed by atoms with Crippen LogP contribution in [0.3, 0.4) is 0 Å². The summed E-state index contributed by atoms with van der Waals surface area (Å²) in [7, 11) is 0. The lowest BCUT2D eigenvalue weighted by atomic mass is 10.2. The maximum absolute atomic E-state index is 12.2. The van der Waals surface area contributed by atoms with Crippen LogP contribution in [0, 0.1) is 0 Å². The van der Waals surface area contributed by atoms with Gasteiger partial charge in [-0.25, -0.2) is 0 Å². The van der Waals surface area contributed by atoms with Gasteiger partial charge in [0, 0.05) is 19.6 Å². The van der Waals surface area contributed by atoms with Crippen molar-refractivity contribution in [2.24, 2.45) is 0 Å². The minimum Gasteiger partial charge on any atom is -0.466 e. The Labute approximate surface area is 115 Å². The Morgan fingerprint density at radius 3 is 2.42 bits per heavy atom. The lowest BCUT2D eigenvalue weighted by Crippen LogP contribution is -2.45. The van der Waals surface area contributed by atoms with E-state index in [1.54, 1.807) is 6.92 Å². The number of likely N-dealkylation sites (tertiary alicyclic amines) is 1. The van der Waals surface area contributed by atoms with Crippen LogP contribution < -0.4 is 5.32 Å². The molecule has 1 aliphatic rings. The molecule has 0 aromatic carbocycles. The normalized spacial score (nSPS) is 17.7. The predicted molar refractivity (Wildman–Crippen MR) is 73.8 cm³/mol. The van der Waals surface area contributed by atoms with E-state index in [2.05, 4.69) is 5.32 Å². The number of ether oxygens (including phenoxy) is 1. The molecule has 0 aromatic heterocycles. The quantitative estimate of drug-likeness (QED) is 0.740. The summed E-state index contributed by atoms with van der Waals surface area (Å²) >= 11 is 0. The van der Waals surface area contributed by atoms with Crippen LogP contribution in [0.15, 0.2) is 0 Å². The zero-order valence-corrected chi connectivity index (χ0v) is 12.1. The highest BCUT2D eigenvalue weighted by molar-refractivity contribution is 5.81. The number of rotatable bonds is 6. The molecule has 1 unspecified atom stereocenters. The van der Waals surface area contributed by atoms with Crippen molar-refractivity contribution in [1.29, 1.82) is 0 Å². The minimum absolute atomic E-state index is 0.144. The van der Waals surface area contributed by atoms with Crippen LogP contribution in [0.25, 0.3) is 0 Å². The minimum atomic E-state index is -0.229. The van der Waals surface area contributed by atoms with Crippen molar-refractivity contribution in [3.05, 3.63) is 0 Å². The van der Waals surface area contributed by atoms with Crippen LogP contribution in [-0.2, 0) is 14.3 Å². The second-order valence-electron chi connectivity index (χ2n) is 4.97. The fraction of sp³-hybridized carbons (Fsp3) is 0.857. The van der Waals surface area contributed by atoms with Crippen LogP contribution >= 0.6 is 0 Å². The summed E-state index contributed by atoms with van der Waals surface area (Å²) in [6.45, 7) is 6.27. The first-order valence-electron chi connectivity index (χ1n) is 7.33. The predicted octanol–water partition coefficient (Wildman–Crippen LogP) is 1.32. The summed E-state index contributed by atoms with van der Waals surface area (Å²) in [5, 5.41) is 3.10. The van der Waals surface area contributed by atoms with Gasteiger partial charge in [0.05, 0.1) is 19.1 Å². The molecule has 5 heteroatoms. The van der Waals surface area contributed by atoms with Gasteiger partial charge in [-0.05, 0) is 26.7 Å². The summed E-state index contributed by atoms with van der Waals surface area (Å²) in [6, 6.07) is -0.229. The summed E-state index contributed by atoms with van der Waals surface area (Å²) in [4.78, 5) is 25.3. The Kier molecular flexibility index (Phi) is 7.48. The van der Waals surface area contributed by atoms with E-state index in [1.165, 1.54) is 12.8 Å².